The number of carbonyl (C=O) groups is 1. The van der Waals surface area contributed by atoms with Gasteiger partial charge in [0.2, 0.25) is 0 Å². The number of anilines is 1. The van der Waals surface area contributed by atoms with Gasteiger partial charge in [0.25, 0.3) is 0 Å². The van der Waals surface area contributed by atoms with Crippen LogP contribution in [0.2, 0.25) is 0 Å². The Morgan fingerprint density at radius 2 is 1.62 bits per heavy atom. The van der Waals surface area contributed by atoms with Gasteiger partial charge in [-0.2, -0.15) is 0 Å². The highest BCUT2D eigenvalue weighted by Gasteiger charge is 2.19. The number of amides is 2. The summed E-state index contributed by atoms with van der Waals surface area (Å²) in [6.45, 7) is 4.08. The Morgan fingerprint density at radius 1 is 0.938 bits per heavy atom. The Labute approximate surface area is 185 Å². The standard InChI is InChI=1S/C26H23FN2O3/c1-17-6-5-7-18(2)24(17)28-26(31)29(14-19-10-12-21(27)13-11-19)15-20-16-32-23-9-4-3-8-22(23)25(20)30/h3-13,16H,14-15H2,1-2H3,(H,28,31). The van der Waals surface area contributed by atoms with Gasteiger partial charge in [-0.1, -0.05) is 42.5 Å². The van der Waals surface area contributed by atoms with Gasteiger partial charge in [-0.25, -0.2) is 9.18 Å². The molecule has 0 atom stereocenters. The number of para-hydroxylation sites is 2. The fourth-order valence-corrected chi connectivity index (χ4v) is 3.64. The van der Waals surface area contributed by atoms with Crippen molar-refractivity contribution in [2.24, 2.45) is 0 Å². The van der Waals surface area contributed by atoms with E-state index in [9.17, 15) is 14.0 Å². The molecule has 5 nitrogen and oxygen atoms in total. The van der Waals surface area contributed by atoms with E-state index in [1.165, 1.54) is 23.3 Å². The second-order valence-electron chi connectivity index (χ2n) is 7.77. The molecule has 0 unspecified atom stereocenters. The third-order valence-electron chi connectivity index (χ3n) is 5.40. The lowest BCUT2D eigenvalue weighted by Crippen LogP contribution is -2.35. The second kappa shape index (κ2) is 9.06. The molecule has 4 aromatic rings. The number of nitrogens with zero attached hydrogens (tertiary/aromatic N) is 1. The van der Waals surface area contributed by atoms with Crippen LogP contribution < -0.4 is 10.7 Å². The van der Waals surface area contributed by atoms with Crippen molar-refractivity contribution in [1.29, 1.82) is 0 Å². The average molecular weight is 430 g/mol. The van der Waals surface area contributed by atoms with Crippen molar-refractivity contribution >= 4 is 22.7 Å². The lowest BCUT2D eigenvalue weighted by Gasteiger charge is -2.24. The summed E-state index contributed by atoms with van der Waals surface area (Å²) in [5.41, 5.74) is 4.01. The summed E-state index contributed by atoms with van der Waals surface area (Å²) < 4.78 is 19.0. The third kappa shape index (κ3) is 4.54. The molecule has 1 heterocycles. The van der Waals surface area contributed by atoms with E-state index in [4.69, 9.17) is 4.42 Å². The SMILES string of the molecule is Cc1cccc(C)c1NC(=O)N(Cc1ccc(F)cc1)Cc1coc2ccccc2c1=O. The molecule has 1 aromatic heterocycles. The maximum absolute atomic E-state index is 13.4. The van der Waals surface area contributed by atoms with Gasteiger partial charge in [-0.15, -0.1) is 0 Å². The molecule has 0 spiro atoms. The van der Waals surface area contributed by atoms with E-state index in [0.29, 0.717) is 16.5 Å². The Morgan fingerprint density at radius 3 is 2.34 bits per heavy atom. The number of fused-ring (bicyclic) bond motifs is 1. The van der Waals surface area contributed by atoms with Crippen molar-refractivity contribution in [2.75, 3.05) is 5.32 Å². The van der Waals surface area contributed by atoms with Gasteiger partial charge in [0, 0.05) is 12.2 Å². The molecule has 6 heteroatoms. The minimum Gasteiger partial charge on any atom is -0.464 e. The number of carbonyl (C=O) groups excluding carboxylic acids is 1. The van der Waals surface area contributed by atoms with Crippen LogP contribution in [0, 0.1) is 19.7 Å². The van der Waals surface area contributed by atoms with Gasteiger partial charge in [-0.3, -0.25) is 4.79 Å². The highest BCUT2D eigenvalue weighted by Crippen LogP contribution is 2.21. The summed E-state index contributed by atoms with van der Waals surface area (Å²) in [4.78, 5) is 27.8. The predicted octanol–water partition coefficient (Wildman–Crippen LogP) is 5.78. The Hall–Kier alpha value is -3.93. The fraction of sp³-hybridized carbons (Fsp3) is 0.154. The van der Waals surface area contributed by atoms with Crippen LogP contribution in [0.25, 0.3) is 11.0 Å². The van der Waals surface area contributed by atoms with E-state index >= 15 is 0 Å². The zero-order valence-electron chi connectivity index (χ0n) is 17.9. The summed E-state index contributed by atoms with van der Waals surface area (Å²) in [6.07, 6.45) is 1.40. The van der Waals surface area contributed by atoms with Gasteiger partial charge in [0.15, 0.2) is 5.43 Å². The molecule has 3 aromatic carbocycles. The number of hydrogen-bond donors (Lipinski definition) is 1. The zero-order chi connectivity index (χ0) is 22.7. The maximum atomic E-state index is 13.4. The predicted molar refractivity (Wildman–Crippen MR) is 123 cm³/mol. The molecule has 0 aliphatic carbocycles. The molecule has 0 saturated carbocycles. The first kappa shape index (κ1) is 21.3. The highest BCUT2D eigenvalue weighted by molar-refractivity contribution is 5.91. The number of nitrogens with one attached hydrogen (secondary N) is 1. The van der Waals surface area contributed by atoms with Gasteiger partial charge in [0.05, 0.1) is 23.8 Å². The van der Waals surface area contributed by atoms with E-state index < -0.39 is 0 Å². The first-order chi connectivity index (χ1) is 15.4. The number of urea groups is 1. The van der Waals surface area contributed by atoms with E-state index in [0.717, 1.165) is 22.4 Å². The Balaban J connectivity index is 1.67. The van der Waals surface area contributed by atoms with Crippen LogP contribution in [0.3, 0.4) is 0 Å². The lowest BCUT2D eigenvalue weighted by molar-refractivity contribution is 0.206. The van der Waals surface area contributed by atoms with Crippen molar-refractivity contribution in [3.8, 4) is 0 Å². The number of hydrogen-bond acceptors (Lipinski definition) is 3. The molecule has 0 radical (unpaired) electrons. The summed E-state index contributed by atoms with van der Waals surface area (Å²) in [5, 5.41) is 3.43. The molecular weight excluding hydrogens is 407 g/mol. The summed E-state index contributed by atoms with van der Waals surface area (Å²) in [7, 11) is 0. The number of benzene rings is 3. The number of rotatable bonds is 5. The smallest absolute Gasteiger partial charge is 0.322 e. The second-order valence-corrected chi connectivity index (χ2v) is 7.77. The molecule has 162 valence electrons. The van der Waals surface area contributed by atoms with Crippen LogP contribution in [0.15, 0.2) is 82.2 Å². The maximum Gasteiger partial charge on any atom is 0.322 e. The zero-order valence-corrected chi connectivity index (χ0v) is 17.9. The molecule has 1 N–H and O–H groups in total. The van der Waals surface area contributed by atoms with E-state index in [-0.39, 0.29) is 30.4 Å². The van der Waals surface area contributed by atoms with Crippen molar-refractivity contribution in [2.45, 2.75) is 26.9 Å². The first-order valence-electron chi connectivity index (χ1n) is 10.3. The Kier molecular flexibility index (Phi) is 6.03. The minimum absolute atomic E-state index is 0.0430. The van der Waals surface area contributed by atoms with Crippen LogP contribution >= 0.6 is 0 Å². The molecule has 32 heavy (non-hydrogen) atoms. The topological polar surface area (TPSA) is 62.6 Å². The molecule has 0 aliphatic heterocycles. The average Bonchev–Trinajstić information content (AvgIpc) is 2.79. The summed E-state index contributed by atoms with van der Waals surface area (Å²) in [6, 6.07) is 18.3. The van der Waals surface area contributed by atoms with E-state index in [2.05, 4.69) is 5.32 Å². The van der Waals surface area contributed by atoms with E-state index in [1.54, 1.807) is 36.4 Å². The monoisotopic (exact) mass is 430 g/mol. The van der Waals surface area contributed by atoms with Crippen LogP contribution in [-0.4, -0.2) is 10.9 Å². The normalized spacial score (nSPS) is 10.8. The van der Waals surface area contributed by atoms with Gasteiger partial charge < -0.3 is 14.6 Å². The highest BCUT2D eigenvalue weighted by atomic mass is 19.1. The van der Waals surface area contributed by atoms with Crippen molar-refractivity contribution in [3.05, 3.63) is 111 Å². The number of halogens is 1. The number of aryl methyl sites for hydroxylation is 2. The lowest BCUT2D eigenvalue weighted by atomic mass is 10.1. The van der Waals surface area contributed by atoms with E-state index in [1.807, 2.05) is 32.0 Å². The van der Waals surface area contributed by atoms with Gasteiger partial charge >= 0.3 is 6.03 Å². The quantitative estimate of drug-likeness (QED) is 0.436. The first-order valence-corrected chi connectivity index (χ1v) is 10.3. The van der Waals surface area contributed by atoms with Gasteiger partial charge in [-0.05, 0) is 54.8 Å². The molecule has 0 saturated heterocycles. The van der Waals surface area contributed by atoms with Crippen molar-refractivity contribution in [3.63, 3.8) is 0 Å². The molecule has 0 bridgehead atoms. The summed E-state index contributed by atoms with van der Waals surface area (Å²) in [5.74, 6) is -0.351. The largest absolute Gasteiger partial charge is 0.464 e. The third-order valence-corrected chi connectivity index (χ3v) is 5.40. The Bertz CT molecular complexity index is 1310. The fourth-order valence-electron chi connectivity index (χ4n) is 3.64. The van der Waals surface area contributed by atoms with Crippen LogP contribution in [-0.2, 0) is 13.1 Å². The van der Waals surface area contributed by atoms with Crippen LogP contribution in [0.5, 0.6) is 0 Å². The van der Waals surface area contributed by atoms with Crippen molar-refractivity contribution < 1.29 is 13.6 Å². The molecule has 0 fully saturated rings. The van der Waals surface area contributed by atoms with Crippen LogP contribution in [0.4, 0.5) is 14.9 Å². The van der Waals surface area contributed by atoms with Gasteiger partial charge in [0.1, 0.15) is 11.4 Å². The van der Waals surface area contributed by atoms with Crippen LogP contribution in [0.1, 0.15) is 22.3 Å². The molecule has 0 aliphatic rings. The molecule has 4 rings (SSSR count). The summed E-state index contributed by atoms with van der Waals surface area (Å²) >= 11 is 0. The minimum atomic E-state index is -0.362. The molecular formula is C26H23FN2O3. The molecule has 2 amide bonds. The van der Waals surface area contributed by atoms with Crippen molar-refractivity contribution in [1.82, 2.24) is 4.90 Å².